The van der Waals surface area contributed by atoms with E-state index in [0.29, 0.717) is 31.9 Å². The summed E-state index contributed by atoms with van der Waals surface area (Å²) in [6.07, 6.45) is 3.66. The van der Waals surface area contributed by atoms with Crippen LogP contribution in [0.2, 0.25) is 0 Å². The van der Waals surface area contributed by atoms with E-state index in [1.807, 2.05) is 47.0 Å². The monoisotopic (exact) mass is 344 g/mol. The minimum Gasteiger partial charge on any atom is -0.491 e. The third-order valence-electron chi connectivity index (χ3n) is 4.32. The van der Waals surface area contributed by atoms with Crippen LogP contribution in [-0.2, 0) is 11.8 Å². The summed E-state index contributed by atoms with van der Waals surface area (Å²) < 4.78 is 12.5. The first-order chi connectivity index (χ1) is 12.2. The maximum Gasteiger partial charge on any atom is 0.254 e. The highest BCUT2D eigenvalue weighted by molar-refractivity contribution is 5.94. The fourth-order valence-corrected chi connectivity index (χ4v) is 2.98. The van der Waals surface area contributed by atoms with Crippen LogP contribution in [0.4, 0.5) is 0 Å². The van der Waals surface area contributed by atoms with Crippen molar-refractivity contribution in [3.05, 3.63) is 48.0 Å². The molecule has 1 fully saturated rings. The maximum atomic E-state index is 13.0. The summed E-state index contributed by atoms with van der Waals surface area (Å²) in [5.41, 5.74) is 0.653. The van der Waals surface area contributed by atoms with Crippen LogP contribution < -0.4 is 10.1 Å². The molecule has 1 atom stereocenters. The first-order valence-corrected chi connectivity index (χ1v) is 8.41. The van der Waals surface area contributed by atoms with Crippen molar-refractivity contribution >= 4 is 5.91 Å². The molecule has 0 spiro atoms. The summed E-state index contributed by atoms with van der Waals surface area (Å²) in [5, 5.41) is 3.35. The van der Waals surface area contributed by atoms with Crippen molar-refractivity contribution < 1.29 is 14.3 Å². The number of hydrogen-bond acceptors (Lipinski definition) is 5. The lowest BCUT2D eigenvalue weighted by atomic mass is 10.1. The zero-order chi connectivity index (χ0) is 17.6. The van der Waals surface area contributed by atoms with Crippen LogP contribution in [0.25, 0.3) is 0 Å². The second-order valence-electron chi connectivity index (χ2n) is 5.98. The van der Waals surface area contributed by atoms with Gasteiger partial charge in [-0.05, 0) is 24.3 Å². The molecule has 0 saturated carbocycles. The second-order valence-corrected chi connectivity index (χ2v) is 5.98. The molecule has 0 bridgehead atoms. The molecule has 1 saturated heterocycles. The summed E-state index contributed by atoms with van der Waals surface area (Å²) in [4.78, 5) is 19.3. The van der Waals surface area contributed by atoms with E-state index in [9.17, 15) is 4.79 Å². The van der Waals surface area contributed by atoms with Gasteiger partial charge in [-0.15, -0.1) is 0 Å². The molecule has 0 aliphatic carbocycles. The molecule has 2 aromatic rings. The molecule has 3 rings (SSSR count). The fraction of sp³-hybridized carbons (Fsp3) is 0.444. The number of benzene rings is 1. The maximum absolute atomic E-state index is 13.0. The fourth-order valence-electron chi connectivity index (χ4n) is 2.98. The van der Waals surface area contributed by atoms with Gasteiger partial charge in [-0.25, -0.2) is 4.98 Å². The third kappa shape index (κ3) is 4.00. The first kappa shape index (κ1) is 17.4. The lowest BCUT2D eigenvalue weighted by Crippen LogP contribution is -2.49. The van der Waals surface area contributed by atoms with Crippen LogP contribution in [0.1, 0.15) is 22.2 Å². The van der Waals surface area contributed by atoms with Crippen LogP contribution in [-0.4, -0.2) is 60.3 Å². The van der Waals surface area contributed by atoms with E-state index in [1.165, 1.54) is 0 Å². The van der Waals surface area contributed by atoms with Crippen LogP contribution in [0.3, 0.4) is 0 Å². The molecule has 2 heterocycles. The van der Waals surface area contributed by atoms with E-state index >= 15 is 0 Å². The molecule has 7 nitrogen and oxygen atoms in total. The van der Waals surface area contributed by atoms with E-state index in [1.54, 1.807) is 13.3 Å². The number of nitrogens with zero attached hydrogens (tertiary/aromatic N) is 3. The summed E-state index contributed by atoms with van der Waals surface area (Å²) >= 11 is 0. The number of aromatic nitrogens is 2. The molecule has 0 radical (unpaired) electrons. The highest BCUT2D eigenvalue weighted by Crippen LogP contribution is 2.23. The molecule has 1 aliphatic heterocycles. The molecular weight excluding hydrogens is 320 g/mol. The Morgan fingerprint density at radius 2 is 2.12 bits per heavy atom. The van der Waals surface area contributed by atoms with Gasteiger partial charge < -0.3 is 24.3 Å². The minimum absolute atomic E-state index is 0.0120. The molecule has 1 N–H and O–H groups in total. The quantitative estimate of drug-likeness (QED) is 0.799. The summed E-state index contributed by atoms with van der Waals surface area (Å²) in [6, 6.07) is 7.19. The largest absolute Gasteiger partial charge is 0.491 e. The standard InChI is InChI=1S/C18H24N4O3/c1-21-9-8-20-17(21)16-13-19-7-10-22(16)18(23)14-3-5-15(6-4-14)25-12-11-24-2/h3-6,8-9,16,19H,7,10-13H2,1-2H3. The number of carbonyl (C=O) groups excluding carboxylic acids is 1. The molecule has 7 heteroatoms. The molecular formula is C18H24N4O3. The number of nitrogens with one attached hydrogen (secondary N) is 1. The molecule has 134 valence electrons. The van der Waals surface area contributed by atoms with E-state index in [-0.39, 0.29) is 11.9 Å². The second kappa shape index (κ2) is 8.13. The topological polar surface area (TPSA) is 68.6 Å². The molecule has 25 heavy (non-hydrogen) atoms. The normalized spacial score (nSPS) is 17.5. The SMILES string of the molecule is COCCOc1ccc(C(=O)N2CCNCC2c2nccn2C)cc1. The van der Waals surface area contributed by atoms with Gasteiger partial charge in [0.05, 0.1) is 6.61 Å². The highest BCUT2D eigenvalue weighted by atomic mass is 16.5. The average molecular weight is 344 g/mol. The van der Waals surface area contributed by atoms with E-state index in [4.69, 9.17) is 9.47 Å². The Balaban J connectivity index is 1.73. The molecule has 1 amide bonds. The number of aryl methyl sites for hydroxylation is 1. The molecule has 1 aromatic heterocycles. The third-order valence-corrected chi connectivity index (χ3v) is 4.32. The van der Waals surface area contributed by atoms with Crippen molar-refractivity contribution in [1.29, 1.82) is 0 Å². The van der Waals surface area contributed by atoms with Gasteiger partial charge >= 0.3 is 0 Å². The van der Waals surface area contributed by atoms with Gasteiger partial charge in [0.15, 0.2) is 0 Å². The number of piperazine rings is 1. The number of amides is 1. The number of ether oxygens (including phenoxy) is 2. The Morgan fingerprint density at radius 3 is 2.80 bits per heavy atom. The number of hydrogen-bond donors (Lipinski definition) is 1. The van der Waals surface area contributed by atoms with E-state index in [2.05, 4.69) is 10.3 Å². The summed E-state index contributed by atoms with van der Waals surface area (Å²) in [6.45, 7) is 3.16. The first-order valence-electron chi connectivity index (χ1n) is 8.41. The lowest BCUT2D eigenvalue weighted by molar-refractivity contribution is 0.0621. The van der Waals surface area contributed by atoms with Crippen LogP contribution >= 0.6 is 0 Å². The Labute approximate surface area is 147 Å². The minimum atomic E-state index is -0.0705. The average Bonchev–Trinajstić information content (AvgIpc) is 3.08. The summed E-state index contributed by atoms with van der Waals surface area (Å²) in [5.74, 6) is 1.63. The number of imidazole rings is 1. The van der Waals surface area contributed by atoms with Gasteiger partial charge in [-0.2, -0.15) is 0 Å². The van der Waals surface area contributed by atoms with Crippen molar-refractivity contribution in [2.45, 2.75) is 6.04 Å². The Morgan fingerprint density at radius 1 is 1.32 bits per heavy atom. The zero-order valence-corrected chi connectivity index (χ0v) is 14.6. The van der Waals surface area contributed by atoms with Crippen LogP contribution in [0.5, 0.6) is 5.75 Å². The van der Waals surface area contributed by atoms with Crippen molar-refractivity contribution in [1.82, 2.24) is 19.8 Å². The van der Waals surface area contributed by atoms with E-state index < -0.39 is 0 Å². The van der Waals surface area contributed by atoms with Crippen molar-refractivity contribution in [2.75, 3.05) is 40.0 Å². The van der Waals surface area contributed by atoms with Gasteiger partial charge in [0, 0.05) is 51.7 Å². The van der Waals surface area contributed by atoms with E-state index in [0.717, 1.165) is 18.1 Å². The Kier molecular flexibility index (Phi) is 5.67. The van der Waals surface area contributed by atoms with Crippen molar-refractivity contribution in [3.8, 4) is 5.75 Å². The number of methoxy groups -OCH3 is 1. The predicted octanol–water partition coefficient (Wildman–Crippen LogP) is 1.23. The van der Waals surface area contributed by atoms with Gasteiger partial charge in [0.25, 0.3) is 5.91 Å². The molecule has 1 aromatic carbocycles. The van der Waals surface area contributed by atoms with Gasteiger partial charge in [0.2, 0.25) is 0 Å². The van der Waals surface area contributed by atoms with Gasteiger partial charge in [-0.3, -0.25) is 4.79 Å². The number of rotatable bonds is 6. The van der Waals surface area contributed by atoms with Gasteiger partial charge in [-0.1, -0.05) is 0 Å². The molecule has 1 unspecified atom stereocenters. The Hall–Kier alpha value is -2.38. The zero-order valence-electron chi connectivity index (χ0n) is 14.6. The number of carbonyl (C=O) groups is 1. The van der Waals surface area contributed by atoms with Crippen molar-refractivity contribution in [3.63, 3.8) is 0 Å². The summed E-state index contributed by atoms with van der Waals surface area (Å²) in [7, 11) is 3.59. The lowest BCUT2D eigenvalue weighted by Gasteiger charge is -2.35. The van der Waals surface area contributed by atoms with Crippen LogP contribution in [0, 0.1) is 0 Å². The van der Waals surface area contributed by atoms with Crippen LogP contribution in [0.15, 0.2) is 36.7 Å². The van der Waals surface area contributed by atoms with Crippen molar-refractivity contribution in [2.24, 2.45) is 7.05 Å². The molecule has 1 aliphatic rings. The predicted molar refractivity (Wildman–Crippen MR) is 93.7 cm³/mol. The van der Waals surface area contributed by atoms with Gasteiger partial charge in [0.1, 0.15) is 24.2 Å². The smallest absolute Gasteiger partial charge is 0.254 e. The highest BCUT2D eigenvalue weighted by Gasteiger charge is 2.30. The Bertz CT molecular complexity index is 699.